The SMILES string of the molecule is C=c1[nH]n(-c2ccccc2)c(=O)/c1=C\Nc1cccc2ccccc12. The number of H-pyrrole nitrogens is 1. The van der Waals surface area contributed by atoms with Gasteiger partial charge in [-0.3, -0.25) is 9.89 Å². The lowest BCUT2D eigenvalue weighted by Crippen LogP contribution is -2.34. The number of aromatic amines is 1. The Morgan fingerprint density at radius 3 is 2.48 bits per heavy atom. The molecule has 1 aromatic heterocycles. The lowest BCUT2D eigenvalue weighted by atomic mass is 10.1. The first-order valence-electron chi connectivity index (χ1n) is 8.04. The van der Waals surface area contributed by atoms with Crippen LogP contribution >= 0.6 is 0 Å². The second-order valence-corrected chi connectivity index (χ2v) is 5.80. The molecule has 0 amide bonds. The zero-order valence-corrected chi connectivity index (χ0v) is 13.6. The Hall–Kier alpha value is -3.53. The van der Waals surface area contributed by atoms with Crippen molar-refractivity contribution in [1.29, 1.82) is 0 Å². The molecule has 0 saturated heterocycles. The number of aromatic nitrogens is 2. The van der Waals surface area contributed by atoms with Crippen molar-refractivity contribution < 1.29 is 0 Å². The van der Waals surface area contributed by atoms with Crippen LogP contribution in [-0.4, -0.2) is 9.78 Å². The summed E-state index contributed by atoms with van der Waals surface area (Å²) in [4.78, 5) is 12.7. The number of anilines is 1. The first-order valence-corrected chi connectivity index (χ1v) is 8.04. The molecule has 2 N–H and O–H groups in total. The standard InChI is InChI=1S/C21H17N3O/c1-15-19(21(25)24(23-15)17-10-3-2-4-11-17)14-22-20-13-7-9-16-8-5-6-12-18(16)20/h2-14,22-23H,1H2/b19-14-. The first kappa shape index (κ1) is 15.0. The molecule has 4 heteroatoms. The van der Waals surface area contributed by atoms with Crippen molar-refractivity contribution in [1.82, 2.24) is 9.78 Å². The van der Waals surface area contributed by atoms with E-state index in [1.165, 1.54) is 4.68 Å². The lowest BCUT2D eigenvalue weighted by Gasteiger charge is -2.05. The Morgan fingerprint density at radius 1 is 0.920 bits per heavy atom. The second kappa shape index (κ2) is 6.17. The highest BCUT2D eigenvalue weighted by molar-refractivity contribution is 5.94. The van der Waals surface area contributed by atoms with Crippen molar-refractivity contribution in [2.45, 2.75) is 0 Å². The Bertz CT molecular complexity index is 1200. The minimum Gasteiger partial charge on any atom is -0.360 e. The van der Waals surface area contributed by atoms with Crippen LogP contribution in [0.4, 0.5) is 5.69 Å². The molecule has 4 rings (SSSR count). The van der Waals surface area contributed by atoms with E-state index in [1.54, 1.807) is 6.20 Å². The molecular weight excluding hydrogens is 310 g/mol. The van der Waals surface area contributed by atoms with Crippen molar-refractivity contribution >= 4 is 29.2 Å². The van der Waals surface area contributed by atoms with Gasteiger partial charge in [0.15, 0.2) is 0 Å². The topological polar surface area (TPSA) is 49.8 Å². The van der Waals surface area contributed by atoms with Crippen LogP contribution in [0.3, 0.4) is 0 Å². The molecule has 3 aromatic carbocycles. The Balaban J connectivity index is 1.79. The molecule has 0 aliphatic carbocycles. The van der Waals surface area contributed by atoms with Crippen LogP contribution in [0.15, 0.2) is 77.6 Å². The van der Waals surface area contributed by atoms with Gasteiger partial charge >= 0.3 is 0 Å². The lowest BCUT2D eigenvalue weighted by molar-refractivity contribution is 0.838. The Labute approximate surface area is 144 Å². The monoisotopic (exact) mass is 327 g/mol. The van der Waals surface area contributed by atoms with Gasteiger partial charge in [0.2, 0.25) is 0 Å². The number of fused-ring (bicyclic) bond motifs is 1. The molecule has 122 valence electrons. The van der Waals surface area contributed by atoms with E-state index in [0.717, 1.165) is 22.1 Å². The maximum absolute atomic E-state index is 12.7. The maximum atomic E-state index is 12.7. The van der Waals surface area contributed by atoms with Gasteiger partial charge in [-0.15, -0.1) is 0 Å². The fourth-order valence-electron chi connectivity index (χ4n) is 2.90. The largest absolute Gasteiger partial charge is 0.360 e. The van der Waals surface area contributed by atoms with Crippen LogP contribution in [0.2, 0.25) is 0 Å². The minimum atomic E-state index is -0.135. The van der Waals surface area contributed by atoms with Crippen LogP contribution in [0, 0.1) is 0 Å². The number of rotatable bonds is 3. The Morgan fingerprint density at radius 2 is 1.64 bits per heavy atom. The molecule has 25 heavy (non-hydrogen) atoms. The first-order chi connectivity index (χ1) is 12.2. The fourth-order valence-corrected chi connectivity index (χ4v) is 2.90. The smallest absolute Gasteiger partial charge is 0.280 e. The summed E-state index contributed by atoms with van der Waals surface area (Å²) in [6.45, 7) is 3.95. The molecule has 0 radical (unpaired) electrons. The second-order valence-electron chi connectivity index (χ2n) is 5.80. The maximum Gasteiger partial charge on any atom is 0.280 e. The van der Waals surface area contributed by atoms with E-state index >= 15 is 0 Å². The molecular formula is C21H17N3O. The highest BCUT2D eigenvalue weighted by Crippen LogP contribution is 2.22. The number of nitrogens with zero attached hydrogens (tertiary/aromatic N) is 1. The molecule has 4 nitrogen and oxygen atoms in total. The van der Waals surface area contributed by atoms with Crippen LogP contribution in [0.5, 0.6) is 0 Å². The van der Waals surface area contributed by atoms with Crippen LogP contribution in [0.25, 0.3) is 29.2 Å². The van der Waals surface area contributed by atoms with Gasteiger partial charge in [-0.2, -0.15) is 0 Å². The van der Waals surface area contributed by atoms with Crippen molar-refractivity contribution in [3.63, 3.8) is 0 Å². The molecule has 1 heterocycles. The number of nitrogens with one attached hydrogen (secondary N) is 2. The predicted octanol–water partition coefficient (Wildman–Crippen LogP) is 2.58. The van der Waals surface area contributed by atoms with Crippen molar-refractivity contribution in [3.05, 3.63) is 93.7 Å². The molecule has 0 aliphatic rings. The van der Waals surface area contributed by atoms with Gasteiger partial charge in [0.25, 0.3) is 5.56 Å². The summed E-state index contributed by atoms with van der Waals surface area (Å²) in [7, 11) is 0. The van der Waals surface area contributed by atoms with Crippen LogP contribution < -0.4 is 21.4 Å². The van der Waals surface area contributed by atoms with E-state index < -0.39 is 0 Å². The third-order valence-electron chi connectivity index (χ3n) is 4.18. The average molecular weight is 327 g/mol. The van der Waals surface area contributed by atoms with Crippen molar-refractivity contribution in [2.24, 2.45) is 0 Å². The van der Waals surface area contributed by atoms with Gasteiger partial charge in [0, 0.05) is 17.3 Å². The number of benzene rings is 3. The summed E-state index contributed by atoms with van der Waals surface area (Å²) in [5, 5.41) is 9.61. The molecule has 0 aliphatic heterocycles. The van der Waals surface area contributed by atoms with Crippen molar-refractivity contribution in [3.8, 4) is 5.69 Å². The van der Waals surface area contributed by atoms with Gasteiger partial charge in [-0.1, -0.05) is 61.2 Å². The third kappa shape index (κ3) is 2.74. The van der Waals surface area contributed by atoms with E-state index in [9.17, 15) is 4.79 Å². The molecule has 0 atom stereocenters. The molecule has 0 fully saturated rings. The van der Waals surface area contributed by atoms with Gasteiger partial charge < -0.3 is 5.32 Å². The third-order valence-corrected chi connectivity index (χ3v) is 4.18. The van der Waals surface area contributed by atoms with E-state index in [2.05, 4.69) is 35.2 Å². The summed E-state index contributed by atoms with van der Waals surface area (Å²) >= 11 is 0. The van der Waals surface area contributed by atoms with E-state index in [-0.39, 0.29) is 5.56 Å². The summed E-state index contributed by atoms with van der Waals surface area (Å²) in [5.74, 6) is 0. The molecule has 0 unspecified atom stereocenters. The summed E-state index contributed by atoms with van der Waals surface area (Å²) in [6, 6.07) is 23.6. The normalized spacial score (nSPS) is 11.8. The number of hydrogen-bond acceptors (Lipinski definition) is 2. The zero-order valence-electron chi connectivity index (χ0n) is 13.6. The number of para-hydroxylation sites is 1. The summed E-state index contributed by atoms with van der Waals surface area (Å²) in [5.41, 5.74) is 1.59. The van der Waals surface area contributed by atoms with Gasteiger partial charge in [0.1, 0.15) is 0 Å². The van der Waals surface area contributed by atoms with Gasteiger partial charge in [-0.25, -0.2) is 4.68 Å². The van der Waals surface area contributed by atoms with Crippen LogP contribution in [-0.2, 0) is 0 Å². The molecule has 0 saturated carbocycles. The minimum absolute atomic E-state index is 0.135. The van der Waals surface area contributed by atoms with Crippen molar-refractivity contribution in [2.75, 3.05) is 5.32 Å². The Kier molecular flexibility index (Phi) is 3.71. The summed E-state index contributed by atoms with van der Waals surface area (Å²) in [6.07, 6.45) is 1.71. The van der Waals surface area contributed by atoms with Gasteiger partial charge in [0.05, 0.1) is 16.3 Å². The number of hydrogen-bond donors (Lipinski definition) is 2. The predicted molar refractivity (Wildman–Crippen MR) is 103 cm³/mol. The molecule has 4 aromatic rings. The highest BCUT2D eigenvalue weighted by Gasteiger charge is 2.04. The van der Waals surface area contributed by atoms with Gasteiger partial charge in [-0.05, 0) is 23.6 Å². The van der Waals surface area contributed by atoms with E-state index in [4.69, 9.17) is 0 Å². The quantitative estimate of drug-likeness (QED) is 0.608. The zero-order chi connectivity index (χ0) is 17.2. The van der Waals surface area contributed by atoms with E-state index in [0.29, 0.717) is 10.6 Å². The average Bonchev–Trinajstić information content (AvgIpc) is 2.94. The van der Waals surface area contributed by atoms with E-state index in [1.807, 2.05) is 54.6 Å². The molecule has 0 spiro atoms. The highest BCUT2D eigenvalue weighted by atomic mass is 16.1. The fraction of sp³-hybridized carbons (Fsp3) is 0. The molecule has 0 bridgehead atoms. The summed E-state index contributed by atoms with van der Waals surface area (Å²) < 4.78 is 1.50. The van der Waals surface area contributed by atoms with Crippen LogP contribution in [0.1, 0.15) is 0 Å².